The first-order valence-electron chi connectivity index (χ1n) is 28.1. The summed E-state index contributed by atoms with van der Waals surface area (Å²) in [4.78, 5) is 21.6. The SMILES string of the molecule is CC(C)(C)c1ccc(C(C)(C)C)c2c1nc(-c1ccc(-c3ccc(-c4nc5ccccc5nc4-c4ccc(-c5ccc(-c6nc7c(C(C)(C)C)ccc(C(C)(C)C)c7n6-c6ccccc6)cc5)cc4)cc3)cc1)n2-c1ccccc1. The first-order valence-corrected chi connectivity index (χ1v) is 28.1. The highest BCUT2D eigenvalue weighted by molar-refractivity contribution is 5.93. The summed E-state index contributed by atoms with van der Waals surface area (Å²) in [6.07, 6.45) is 0. The number of aromatic nitrogens is 6. The third-order valence-electron chi connectivity index (χ3n) is 15.7. The molecule has 396 valence electrons. The Morgan fingerprint density at radius 1 is 0.250 bits per heavy atom. The first-order chi connectivity index (χ1) is 38.2. The standard InChI is InChI=1S/C74H70N6/c1-71(2,3)57-43-45-59(73(7,8)9)67-65(57)77-69(79(67)55-21-15-13-16-22-55)53-39-31-49(32-40-53)47-27-35-51(36-28-47)63-64(76-62-26-20-19-25-61(62)75-63)52-37-29-48(30-38-52)50-33-41-54(42-34-50)70-78-66-58(72(4,5)6)44-46-60(74(10,11)12)68(66)80(70)56-23-17-14-18-24-56/h13-46H,1-12H3. The van der Waals surface area contributed by atoms with E-state index < -0.39 is 0 Å². The van der Waals surface area contributed by atoms with E-state index in [-0.39, 0.29) is 21.7 Å². The molecule has 0 aliphatic heterocycles. The highest BCUT2D eigenvalue weighted by Gasteiger charge is 2.31. The molecule has 6 heteroatoms. The van der Waals surface area contributed by atoms with Gasteiger partial charge in [-0.1, -0.05) is 253 Å². The zero-order valence-corrected chi connectivity index (χ0v) is 48.3. The van der Waals surface area contributed by atoms with Gasteiger partial charge in [0.05, 0.1) is 44.5 Å². The van der Waals surface area contributed by atoms with Crippen molar-refractivity contribution >= 4 is 33.1 Å². The summed E-state index contributed by atoms with van der Waals surface area (Å²) in [5.74, 6) is 1.87. The smallest absolute Gasteiger partial charge is 0.145 e. The van der Waals surface area contributed by atoms with Crippen LogP contribution in [0.2, 0.25) is 0 Å². The van der Waals surface area contributed by atoms with Crippen molar-refractivity contribution in [2.24, 2.45) is 0 Å². The molecule has 12 aromatic rings. The predicted octanol–water partition coefficient (Wildman–Crippen LogP) is 19.5. The average molecular weight is 1040 g/mol. The number of hydrogen-bond acceptors (Lipinski definition) is 4. The second-order valence-corrected chi connectivity index (χ2v) is 25.6. The minimum atomic E-state index is -0.0880. The normalized spacial score (nSPS) is 12.5. The highest BCUT2D eigenvalue weighted by atomic mass is 15.1. The van der Waals surface area contributed by atoms with Crippen molar-refractivity contribution in [1.82, 2.24) is 29.1 Å². The van der Waals surface area contributed by atoms with Gasteiger partial charge in [0.25, 0.3) is 0 Å². The molecule has 0 unspecified atom stereocenters. The van der Waals surface area contributed by atoms with E-state index in [4.69, 9.17) is 19.9 Å². The molecule has 0 bridgehead atoms. The summed E-state index contributed by atoms with van der Waals surface area (Å²) >= 11 is 0. The lowest BCUT2D eigenvalue weighted by Crippen LogP contribution is -2.17. The average Bonchev–Trinajstić information content (AvgIpc) is 4.05. The molecule has 6 nitrogen and oxygen atoms in total. The maximum Gasteiger partial charge on any atom is 0.145 e. The van der Waals surface area contributed by atoms with Gasteiger partial charge >= 0.3 is 0 Å². The fraction of sp³-hybridized carbons (Fsp3) is 0.216. The van der Waals surface area contributed by atoms with E-state index in [9.17, 15) is 0 Å². The van der Waals surface area contributed by atoms with E-state index in [1.807, 2.05) is 24.3 Å². The number of hydrogen-bond donors (Lipinski definition) is 0. The van der Waals surface area contributed by atoms with Crippen molar-refractivity contribution in [3.63, 3.8) is 0 Å². The van der Waals surface area contributed by atoms with Crippen molar-refractivity contribution in [2.75, 3.05) is 0 Å². The molecule has 0 radical (unpaired) electrons. The largest absolute Gasteiger partial charge is 0.292 e. The zero-order valence-electron chi connectivity index (χ0n) is 48.3. The van der Waals surface area contributed by atoms with Crippen molar-refractivity contribution in [2.45, 2.75) is 105 Å². The van der Waals surface area contributed by atoms with E-state index in [0.717, 1.165) is 101 Å². The highest BCUT2D eigenvalue weighted by Crippen LogP contribution is 2.43. The summed E-state index contributed by atoms with van der Waals surface area (Å²) in [5, 5.41) is 0. The van der Waals surface area contributed by atoms with Gasteiger partial charge < -0.3 is 0 Å². The van der Waals surface area contributed by atoms with Crippen LogP contribution >= 0.6 is 0 Å². The minimum Gasteiger partial charge on any atom is -0.292 e. The lowest BCUT2D eigenvalue weighted by molar-refractivity contribution is 0.583. The lowest BCUT2D eigenvalue weighted by Gasteiger charge is -2.25. The summed E-state index contributed by atoms with van der Waals surface area (Å²) in [5.41, 5.74) is 23.4. The Labute approximate surface area is 471 Å². The van der Waals surface area contributed by atoms with E-state index in [1.165, 1.54) is 33.3 Å². The molecule has 0 spiro atoms. The molecule has 0 atom stereocenters. The topological polar surface area (TPSA) is 61.4 Å². The van der Waals surface area contributed by atoms with E-state index in [0.29, 0.717) is 0 Å². The molecule has 9 aromatic carbocycles. The number of imidazole rings is 2. The molecule has 3 aromatic heterocycles. The van der Waals surface area contributed by atoms with Gasteiger partial charge in [0.2, 0.25) is 0 Å². The van der Waals surface area contributed by atoms with Gasteiger partial charge in [-0.2, -0.15) is 0 Å². The Morgan fingerprint density at radius 3 is 0.812 bits per heavy atom. The van der Waals surface area contributed by atoms with Gasteiger partial charge in [-0.3, -0.25) is 9.13 Å². The van der Waals surface area contributed by atoms with Gasteiger partial charge in [-0.25, -0.2) is 19.9 Å². The Hall–Kier alpha value is -8.74. The second kappa shape index (κ2) is 19.6. The van der Waals surface area contributed by atoms with Gasteiger partial charge in [-0.15, -0.1) is 0 Å². The maximum absolute atomic E-state index is 5.52. The van der Waals surface area contributed by atoms with Crippen LogP contribution in [0, 0.1) is 0 Å². The van der Waals surface area contributed by atoms with Gasteiger partial charge in [0.1, 0.15) is 11.6 Å². The molecule has 0 saturated carbocycles. The number of rotatable bonds is 8. The Bertz CT molecular complexity index is 3970. The molecule has 0 saturated heterocycles. The summed E-state index contributed by atoms with van der Waals surface area (Å²) < 4.78 is 4.74. The molecular weight excluding hydrogens is 973 g/mol. The summed E-state index contributed by atoms with van der Waals surface area (Å²) in [6, 6.07) is 74.0. The van der Waals surface area contributed by atoms with Gasteiger partial charge in [-0.05, 0) is 103 Å². The van der Waals surface area contributed by atoms with Gasteiger partial charge in [0.15, 0.2) is 0 Å². The maximum atomic E-state index is 5.52. The number of nitrogens with zero attached hydrogens (tertiary/aromatic N) is 6. The number of para-hydroxylation sites is 4. The molecule has 0 aliphatic carbocycles. The molecule has 80 heavy (non-hydrogen) atoms. The third kappa shape index (κ3) is 9.51. The van der Waals surface area contributed by atoms with Crippen LogP contribution in [0.1, 0.15) is 105 Å². The Balaban J connectivity index is 0.866. The molecule has 12 rings (SSSR count). The second-order valence-electron chi connectivity index (χ2n) is 25.6. The molecule has 0 N–H and O–H groups in total. The van der Waals surface area contributed by atoms with Crippen LogP contribution < -0.4 is 0 Å². The number of fused-ring (bicyclic) bond motifs is 3. The van der Waals surface area contributed by atoms with E-state index >= 15 is 0 Å². The van der Waals surface area contributed by atoms with Gasteiger partial charge in [0, 0.05) is 33.6 Å². The van der Waals surface area contributed by atoms with Crippen LogP contribution in [0.3, 0.4) is 0 Å². The molecule has 3 heterocycles. The fourth-order valence-corrected chi connectivity index (χ4v) is 11.5. The first kappa shape index (κ1) is 52.0. The number of benzene rings is 9. The summed E-state index contributed by atoms with van der Waals surface area (Å²) in [6.45, 7) is 27.4. The van der Waals surface area contributed by atoms with E-state index in [1.54, 1.807) is 0 Å². The van der Waals surface area contributed by atoms with E-state index in [2.05, 4.69) is 274 Å². The minimum absolute atomic E-state index is 0.0847. The quantitative estimate of drug-likeness (QED) is 0.152. The van der Waals surface area contributed by atoms with Crippen LogP contribution in [0.5, 0.6) is 0 Å². The molecule has 0 aliphatic rings. The predicted molar refractivity (Wildman–Crippen MR) is 336 cm³/mol. The van der Waals surface area contributed by atoms with Crippen LogP contribution in [0.15, 0.2) is 206 Å². The van der Waals surface area contributed by atoms with Crippen molar-refractivity contribution in [1.29, 1.82) is 0 Å². The van der Waals surface area contributed by atoms with Crippen molar-refractivity contribution < 1.29 is 0 Å². The lowest BCUT2D eigenvalue weighted by atomic mass is 9.81. The monoisotopic (exact) mass is 1040 g/mol. The molecule has 0 amide bonds. The van der Waals surface area contributed by atoms with Crippen molar-refractivity contribution in [3.05, 3.63) is 229 Å². The van der Waals surface area contributed by atoms with Crippen LogP contribution in [-0.4, -0.2) is 29.1 Å². The summed E-state index contributed by atoms with van der Waals surface area (Å²) in [7, 11) is 0. The Morgan fingerprint density at radius 2 is 0.512 bits per heavy atom. The van der Waals surface area contributed by atoms with Crippen molar-refractivity contribution in [3.8, 4) is 78.9 Å². The van der Waals surface area contributed by atoms with Crippen LogP contribution in [0.25, 0.3) is 112 Å². The third-order valence-corrected chi connectivity index (χ3v) is 15.7. The Kier molecular flexibility index (Phi) is 12.7. The van der Waals surface area contributed by atoms with Crippen LogP contribution in [-0.2, 0) is 21.7 Å². The van der Waals surface area contributed by atoms with Crippen LogP contribution in [0.4, 0.5) is 0 Å². The molecular formula is C74H70N6. The zero-order chi connectivity index (χ0) is 55.9. The fourth-order valence-electron chi connectivity index (χ4n) is 11.5. The molecule has 0 fully saturated rings.